The van der Waals surface area contributed by atoms with Crippen LogP contribution in [0, 0.1) is 0 Å². The van der Waals surface area contributed by atoms with Crippen molar-refractivity contribution in [2.75, 3.05) is 13.2 Å². The zero-order valence-electron chi connectivity index (χ0n) is 12.5. The van der Waals surface area contributed by atoms with Gasteiger partial charge in [-0.25, -0.2) is 0 Å². The molecule has 0 aromatic carbocycles. The van der Waals surface area contributed by atoms with Crippen LogP contribution in [0.25, 0.3) is 0 Å². The molecule has 1 fully saturated rings. The van der Waals surface area contributed by atoms with Gasteiger partial charge in [0.2, 0.25) is 0 Å². The van der Waals surface area contributed by atoms with Crippen molar-refractivity contribution in [3.63, 3.8) is 0 Å². The van der Waals surface area contributed by atoms with E-state index in [-0.39, 0.29) is 18.1 Å². The topological polar surface area (TPSA) is 189 Å². The Bertz CT molecular complexity index is 511. The SMILES string of the molecule is O=S(=O)([O-])O/N=C(\CCCCO)S[C@@H]1O[C@H](CO)[C@@H](O)[C@H](O)[C@H]1O. The average molecular weight is 390 g/mol. The molecule has 1 aliphatic rings. The smallest absolute Gasteiger partial charge is 0.284 e. The lowest BCUT2D eigenvalue weighted by Gasteiger charge is -2.39. The maximum Gasteiger partial charge on any atom is 0.284 e. The van der Waals surface area contributed by atoms with E-state index in [0.717, 1.165) is 0 Å². The number of rotatable bonds is 8. The van der Waals surface area contributed by atoms with Crippen LogP contribution in [0.3, 0.4) is 0 Å². The Morgan fingerprint density at radius 3 is 2.38 bits per heavy atom. The normalized spacial score (nSPS) is 31.9. The second-order valence-corrected chi connectivity index (χ2v) is 7.10. The summed E-state index contributed by atoms with van der Waals surface area (Å²) in [5.41, 5.74) is -1.19. The second-order valence-electron chi connectivity index (χ2n) is 4.96. The summed E-state index contributed by atoms with van der Waals surface area (Å²) in [5, 5.41) is 50.3. The van der Waals surface area contributed by atoms with Gasteiger partial charge < -0.3 is 34.8 Å². The molecule has 0 aromatic heterocycles. The Balaban J connectivity index is 2.82. The van der Waals surface area contributed by atoms with Crippen molar-refractivity contribution < 1.29 is 47.5 Å². The van der Waals surface area contributed by atoms with Gasteiger partial charge in [0.15, 0.2) is 0 Å². The molecule has 1 aliphatic heterocycles. The minimum absolute atomic E-state index is 0.0350. The fourth-order valence-corrected chi connectivity index (χ4v) is 3.24. The highest BCUT2D eigenvalue weighted by molar-refractivity contribution is 8.14. The first-order valence-corrected chi connectivity index (χ1v) is 9.20. The lowest BCUT2D eigenvalue weighted by Crippen LogP contribution is -2.57. The Kier molecular flexibility index (Phi) is 8.83. The van der Waals surface area contributed by atoms with Crippen molar-refractivity contribution in [3.8, 4) is 0 Å². The summed E-state index contributed by atoms with van der Waals surface area (Å²) in [6.07, 6.45) is -4.97. The minimum atomic E-state index is -5.07. The Labute approximate surface area is 142 Å². The zero-order valence-corrected chi connectivity index (χ0v) is 14.1. The predicted molar refractivity (Wildman–Crippen MR) is 80.5 cm³/mol. The third kappa shape index (κ3) is 6.78. The summed E-state index contributed by atoms with van der Waals surface area (Å²) in [4.78, 5) is 0. The summed E-state index contributed by atoms with van der Waals surface area (Å²) in [5.74, 6) is 0. The number of hydrogen-bond acceptors (Lipinski definition) is 12. The molecule has 13 heteroatoms. The molecular formula is C11H20NO10S2-. The number of thioether (sulfide) groups is 1. The first kappa shape index (κ1) is 21.5. The average Bonchev–Trinajstić information content (AvgIpc) is 2.52. The van der Waals surface area contributed by atoms with Gasteiger partial charge in [0.25, 0.3) is 10.4 Å². The van der Waals surface area contributed by atoms with Gasteiger partial charge in [0.05, 0.1) is 6.61 Å². The van der Waals surface area contributed by atoms with Crippen molar-refractivity contribution in [1.29, 1.82) is 0 Å². The number of hydrogen-bond donors (Lipinski definition) is 5. The van der Waals surface area contributed by atoms with Crippen LogP contribution in [0.4, 0.5) is 0 Å². The number of aliphatic hydroxyl groups excluding tert-OH is 5. The van der Waals surface area contributed by atoms with Gasteiger partial charge in [-0.15, -0.1) is 0 Å². The molecule has 142 valence electrons. The van der Waals surface area contributed by atoms with Crippen molar-refractivity contribution in [2.24, 2.45) is 5.16 Å². The van der Waals surface area contributed by atoms with E-state index in [9.17, 15) is 28.3 Å². The maximum atomic E-state index is 10.5. The Morgan fingerprint density at radius 1 is 1.17 bits per heavy atom. The van der Waals surface area contributed by atoms with Gasteiger partial charge in [0.1, 0.15) is 34.9 Å². The van der Waals surface area contributed by atoms with Crippen molar-refractivity contribution in [3.05, 3.63) is 0 Å². The highest BCUT2D eigenvalue weighted by Crippen LogP contribution is 2.30. The van der Waals surface area contributed by atoms with Gasteiger partial charge in [-0.05, 0) is 19.3 Å². The first-order chi connectivity index (χ1) is 11.2. The zero-order chi connectivity index (χ0) is 18.3. The quantitative estimate of drug-likeness (QED) is 0.0733. The van der Waals surface area contributed by atoms with Crippen LogP contribution in [0.1, 0.15) is 19.3 Å². The number of nitrogens with zero attached hydrogens (tertiary/aromatic N) is 1. The molecule has 5 N–H and O–H groups in total. The van der Waals surface area contributed by atoms with Crippen molar-refractivity contribution >= 4 is 27.2 Å². The van der Waals surface area contributed by atoms with Gasteiger partial charge in [-0.1, -0.05) is 16.9 Å². The van der Waals surface area contributed by atoms with Crippen LogP contribution < -0.4 is 0 Å². The van der Waals surface area contributed by atoms with Gasteiger partial charge in [-0.3, -0.25) is 4.28 Å². The van der Waals surface area contributed by atoms with Crippen LogP contribution in [0.15, 0.2) is 5.16 Å². The van der Waals surface area contributed by atoms with E-state index in [2.05, 4.69) is 9.44 Å². The highest BCUT2D eigenvalue weighted by Gasteiger charge is 2.44. The molecule has 0 bridgehead atoms. The minimum Gasteiger partial charge on any atom is -0.714 e. The third-order valence-corrected chi connectivity index (χ3v) is 4.56. The number of oxime groups is 1. The largest absolute Gasteiger partial charge is 0.714 e. The summed E-state index contributed by atoms with van der Waals surface area (Å²) in [7, 11) is -5.07. The van der Waals surface area contributed by atoms with E-state index in [0.29, 0.717) is 24.6 Å². The van der Waals surface area contributed by atoms with Crippen LogP contribution in [0.5, 0.6) is 0 Å². The Morgan fingerprint density at radius 2 is 1.83 bits per heavy atom. The summed E-state index contributed by atoms with van der Waals surface area (Å²) in [6, 6.07) is 0. The number of ether oxygens (including phenoxy) is 1. The molecule has 5 atom stereocenters. The first-order valence-electron chi connectivity index (χ1n) is 6.99. The molecule has 0 radical (unpaired) electrons. The summed E-state index contributed by atoms with van der Waals surface area (Å²) in [6.45, 7) is -0.733. The summed E-state index contributed by atoms with van der Waals surface area (Å²) >= 11 is 0.675. The van der Waals surface area contributed by atoms with Crippen LogP contribution >= 0.6 is 11.8 Å². The maximum absolute atomic E-state index is 10.5. The van der Waals surface area contributed by atoms with E-state index in [1.807, 2.05) is 0 Å². The predicted octanol–water partition coefficient (Wildman–Crippen LogP) is -2.53. The number of unbranched alkanes of at least 4 members (excludes halogenated alkanes) is 1. The van der Waals surface area contributed by atoms with E-state index in [1.54, 1.807) is 0 Å². The van der Waals surface area contributed by atoms with E-state index in [1.165, 1.54) is 0 Å². The molecule has 0 aromatic rings. The van der Waals surface area contributed by atoms with Gasteiger partial charge in [0, 0.05) is 6.61 Å². The molecule has 1 heterocycles. The molecule has 0 amide bonds. The third-order valence-electron chi connectivity index (χ3n) is 3.13. The van der Waals surface area contributed by atoms with E-state index in [4.69, 9.17) is 14.9 Å². The fraction of sp³-hybridized carbons (Fsp3) is 0.909. The van der Waals surface area contributed by atoms with Crippen LogP contribution in [-0.2, 0) is 19.4 Å². The van der Waals surface area contributed by atoms with Crippen molar-refractivity contribution in [2.45, 2.75) is 49.1 Å². The fourth-order valence-electron chi connectivity index (χ4n) is 1.90. The second kappa shape index (κ2) is 9.84. The van der Waals surface area contributed by atoms with E-state index >= 15 is 0 Å². The lowest BCUT2D eigenvalue weighted by atomic mass is 10.0. The molecule has 11 nitrogen and oxygen atoms in total. The monoisotopic (exact) mass is 390 g/mol. The number of aliphatic hydroxyl groups is 5. The van der Waals surface area contributed by atoms with Gasteiger partial charge >= 0.3 is 0 Å². The Hall–Kier alpha value is -0.510. The van der Waals surface area contributed by atoms with E-state index < -0.39 is 46.9 Å². The molecule has 0 unspecified atom stereocenters. The molecule has 1 saturated heterocycles. The summed E-state index contributed by atoms with van der Waals surface area (Å²) < 4.78 is 40.5. The van der Waals surface area contributed by atoms with Crippen LogP contribution in [-0.4, -0.2) is 86.6 Å². The van der Waals surface area contributed by atoms with Gasteiger partial charge in [-0.2, -0.15) is 8.42 Å². The molecule has 0 saturated carbocycles. The standard InChI is InChI=1S/C11H21NO10S2/c13-4-2-1-3-7(12-22-24(18,19)20)23-11-10(17)9(16)8(15)6(5-14)21-11/h6,8-11,13-17H,1-5H2,(H,18,19,20)/p-1/b12-7+/t6-,8-,9+,10-,11+/m1/s1. The molecule has 1 rings (SSSR count). The molecule has 24 heavy (non-hydrogen) atoms. The van der Waals surface area contributed by atoms with Crippen molar-refractivity contribution in [1.82, 2.24) is 0 Å². The highest BCUT2D eigenvalue weighted by atomic mass is 32.3. The molecule has 0 spiro atoms. The lowest BCUT2D eigenvalue weighted by molar-refractivity contribution is -0.205. The molecule has 0 aliphatic carbocycles. The van der Waals surface area contributed by atoms with Crippen LogP contribution in [0.2, 0.25) is 0 Å². The molecular weight excluding hydrogens is 370 g/mol.